The van der Waals surface area contributed by atoms with Gasteiger partial charge in [-0.2, -0.15) is 0 Å². The zero-order valence-electron chi connectivity index (χ0n) is 11.1. The standard InChI is InChI=1S/C15H15BrN2OS/c1-3-7-18(8-4-2)15(19)14-13(17)11-9-10(16)5-6-12(11)20-14/h1,5-6,9H,4,7-8,17H2,2H3. The minimum atomic E-state index is -0.0837. The number of rotatable bonds is 4. The van der Waals surface area contributed by atoms with Crippen molar-refractivity contribution in [2.24, 2.45) is 0 Å². The summed E-state index contributed by atoms with van der Waals surface area (Å²) in [6.07, 6.45) is 6.20. The number of thiophene rings is 1. The molecule has 0 aliphatic carbocycles. The molecular weight excluding hydrogens is 336 g/mol. The molecule has 1 heterocycles. The van der Waals surface area contributed by atoms with Gasteiger partial charge in [0.05, 0.1) is 12.2 Å². The number of terminal acetylenes is 1. The van der Waals surface area contributed by atoms with Gasteiger partial charge >= 0.3 is 0 Å². The summed E-state index contributed by atoms with van der Waals surface area (Å²) in [7, 11) is 0. The van der Waals surface area contributed by atoms with Crippen LogP contribution in [0.2, 0.25) is 0 Å². The van der Waals surface area contributed by atoms with Crippen molar-refractivity contribution < 1.29 is 4.79 Å². The van der Waals surface area contributed by atoms with Crippen LogP contribution in [0.15, 0.2) is 22.7 Å². The summed E-state index contributed by atoms with van der Waals surface area (Å²) in [5.74, 6) is 2.44. The first-order valence-corrected chi connectivity index (χ1v) is 7.89. The van der Waals surface area contributed by atoms with Crippen molar-refractivity contribution in [3.63, 3.8) is 0 Å². The monoisotopic (exact) mass is 350 g/mol. The number of carbonyl (C=O) groups excluding carboxylic acids is 1. The molecule has 1 amide bonds. The van der Waals surface area contributed by atoms with Crippen molar-refractivity contribution in [2.75, 3.05) is 18.8 Å². The fourth-order valence-corrected chi connectivity index (χ4v) is 3.46. The van der Waals surface area contributed by atoms with Crippen LogP contribution in [-0.2, 0) is 0 Å². The first kappa shape index (κ1) is 14.9. The maximum Gasteiger partial charge on any atom is 0.266 e. The fraction of sp³-hybridized carbons (Fsp3) is 0.267. The number of nitrogens with zero attached hydrogens (tertiary/aromatic N) is 1. The summed E-state index contributed by atoms with van der Waals surface area (Å²) in [4.78, 5) is 14.8. The minimum absolute atomic E-state index is 0.0837. The molecule has 3 nitrogen and oxygen atoms in total. The maximum atomic E-state index is 12.5. The molecule has 1 aromatic heterocycles. The third-order valence-electron chi connectivity index (χ3n) is 2.95. The van der Waals surface area contributed by atoms with Gasteiger partial charge in [-0.15, -0.1) is 17.8 Å². The highest BCUT2D eigenvalue weighted by Crippen LogP contribution is 2.36. The summed E-state index contributed by atoms with van der Waals surface area (Å²) in [5.41, 5.74) is 6.67. The lowest BCUT2D eigenvalue weighted by atomic mass is 10.2. The highest BCUT2D eigenvalue weighted by atomic mass is 79.9. The smallest absolute Gasteiger partial charge is 0.266 e. The second-order valence-corrected chi connectivity index (χ2v) is 6.38. The lowest BCUT2D eigenvalue weighted by Crippen LogP contribution is -2.32. The Morgan fingerprint density at radius 2 is 2.30 bits per heavy atom. The number of hydrogen-bond acceptors (Lipinski definition) is 3. The van der Waals surface area contributed by atoms with E-state index in [0.717, 1.165) is 21.0 Å². The molecule has 0 saturated heterocycles. The number of benzene rings is 1. The van der Waals surface area contributed by atoms with E-state index in [2.05, 4.69) is 21.9 Å². The molecule has 0 aliphatic rings. The molecule has 104 valence electrons. The van der Waals surface area contributed by atoms with Crippen LogP contribution in [0.1, 0.15) is 23.0 Å². The Hall–Kier alpha value is -1.51. The Morgan fingerprint density at radius 3 is 2.95 bits per heavy atom. The summed E-state index contributed by atoms with van der Waals surface area (Å²) in [6.45, 7) is 2.96. The molecule has 0 unspecified atom stereocenters. The number of fused-ring (bicyclic) bond motifs is 1. The van der Waals surface area contributed by atoms with Gasteiger partial charge in [0.1, 0.15) is 4.88 Å². The Bertz CT molecular complexity index is 687. The van der Waals surface area contributed by atoms with Crippen LogP contribution in [0.4, 0.5) is 5.69 Å². The van der Waals surface area contributed by atoms with Crippen LogP contribution in [0.5, 0.6) is 0 Å². The van der Waals surface area contributed by atoms with Crippen LogP contribution < -0.4 is 5.73 Å². The van der Waals surface area contributed by atoms with Crippen molar-refractivity contribution in [2.45, 2.75) is 13.3 Å². The normalized spacial score (nSPS) is 10.4. The molecule has 0 spiro atoms. The van der Waals surface area contributed by atoms with Crippen molar-refractivity contribution >= 4 is 48.9 Å². The Labute approximate surface area is 130 Å². The number of nitrogen functional groups attached to an aromatic ring is 1. The summed E-state index contributed by atoms with van der Waals surface area (Å²) in [6, 6.07) is 5.84. The minimum Gasteiger partial charge on any atom is -0.397 e. The van der Waals surface area contributed by atoms with Crippen molar-refractivity contribution in [1.29, 1.82) is 0 Å². The van der Waals surface area contributed by atoms with Crippen molar-refractivity contribution in [3.8, 4) is 12.3 Å². The molecule has 0 radical (unpaired) electrons. The molecule has 0 bridgehead atoms. The number of amides is 1. The average Bonchev–Trinajstić information content (AvgIpc) is 2.75. The van der Waals surface area contributed by atoms with E-state index in [0.29, 0.717) is 23.7 Å². The second-order valence-electron chi connectivity index (χ2n) is 4.42. The maximum absolute atomic E-state index is 12.5. The molecule has 0 fully saturated rings. The van der Waals surface area contributed by atoms with Crippen LogP contribution >= 0.6 is 27.3 Å². The lowest BCUT2D eigenvalue weighted by molar-refractivity contribution is 0.0782. The quantitative estimate of drug-likeness (QED) is 0.854. The number of hydrogen-bond donors (Lipinski definition) is 1. The average molecular weight is 351 g/mol. The van der Waals surface area contributed by atoms with Gasteiger partial charge in [0.2, 0.25) is 0 Å². The first-order chi connectivity index (χ1) is 9.58. The highest BCUT2D eigenvalue weighted by molar-refractivity contribution is 9.10. The number of anilines is 1. The predicted molar refractivity (Wildman–Crippen MR) is 89.0 cm³/mol. The van der Waals surface area contributed by atoms with Crippen LogP contribution in [0, 0.1) is 12.3 Å². The van der Waals surface area contributed by atoms with Crippen LogP contribution in [0.25, 0.3) is 10.1 Å². The van der Waals surface area contributed by atoms with E-state index in [-0.39, 0.29) is 5.91 Å². The zero-order valence-corrected chi connectivity index (χ0v) is 13.6. The molecule has 20 heavy (non-hydrogen) atoms. The zero-order chi connectivity index (χ0) is 14.7. The van der Waals surface area contributed by atoms with E-state index in [9.17, 15) is 4.79 Å². The number of carbonyl (C=O) groups is 1. The Kier molecular flexibility index (Phi) is 4.69. The Morgan fingerprint density at radius 1 is 1.55 bits per heavy atom. The van der Waals surface area contributed by atoms with Crippen LogP contribution in [-0.4, -0.2) is 23.9 Å². The van der Waals surface area contributed by atoms with Gasteiger partial charge in [0.15, 0.2) is 0 Å². The predicted octanol–water partition coefficient (Wildman–Crippen LogP) is 3.73. The van der Waals surface area contributed by atoms with Crippen LogP contribution in [0.3, 0.4) is 0 Å². The molecule has 0 atom stereocenters. The van der Waals surface area contributed by atoms with Gasteiger partial charge in [-0.1, -0.05) is 28.8 Å². The number of nitrogens with two attached hydrogens (primary N) is 1. The van der Waals surface area contributed by atoms with E-state index in [1.165, 1.54) is 11.3 Å². The molecule has 1 aromatic carbocycles. The van der Waals surface area contributed by atoms with Gasteiger partial charge < -0.3 is 10.6 Å². The second kappa shape index (κ2) is 6.29. The van der Waals surface area contributed by atoms with E-state index < -0.39 is 0 Å². The summed E-state index contributed by atoms with van der Waals surface area (Å²) < 4.78 is 1.95. The summed E-state index contributed by atoms with van der Waals surface area (Å²) in [5, 5.41) is 0.907. The van der Waals surface area contributed by atoms with E-state index in [1.54, 1.807) is 4.90 Å². The third-order valence-corrected chi connectivity index (χ3v) is 4.61. The SMILES string of the molecule is C#CCN(CCC)C(=O)c1sc2ccc(Br)cc2c1N. The number of halogens is 1. The first-order valence-electron chi connectivity index (χ1n) is 6.28. The lowest BCUT2D eigenvalue weighted by Gasteiger charge is -2.18. The van der Waals surface area contributed by atoms with Gasteiger partial charge in [-0.3, -0.25) is 4.79 Å². The molecule has 0 aliphatic heterocycles. The van der Waals surface area contributed by atoms with Crippen molar-refractivity contribution in [3.05, 3.63) is 27.5 Å². The highest BCUT2D eigenvalue weighted by Gasteiger charge is 2.21. The van der Waals surface area contributed by atoms with E-state index >= 15 is 0 Å². The molecule has 5 heteroatoms. The molecule has 2 aromatic rings. The summed E-state index contributed by atoms with van der Waals surface area (Å²) >= 11 is 4.83. The van der Waals surface area contributed by atoms with Gasteiger partial charge in [-0.25, -0.2) is 0 Å². The van der Waals surface area contributed by atoms with E-state index in [4.69, 9.17) is 12.2 Å². The van der Waals surface area contributed by atoms with E-state index in [1.807, 2.05) is 25.1 Å². The van der Waals surface area contributed by atoms with Crippen molar-refractivity contribution in [1.82, 2.24) is 4.90 Å². The largest absolute Gasteiger partial charge is 0.397 e. The molecule has 2 rings (SSSR count). The van der Waals surface area contributed by atoms with Gasteiger partial charge in [0, 0.05) is 21.1 Å². The topological polar surface area (TPSA) is 46.3 Å². The van der Waals surface area contributed by atoms with Gasteiger partial charge in [0.25, 0.3) is 5.91 Å². The fourth-order valence-electron chi connectivity index (χ4n) is 2.02. The van der Waals surface area contributed by atoms with Gasteiger partial charge in [-0.05, 0) is 24.6 Å². The molecule has 2 N–H and O–H groups in total. The molecule has 0 saturated carbocycles. The Balaban J connectivity index is 2.44. The third kappa shape index (κ3) is 2.82. The molecular formula is C15H15BrN2OS.